The third kappa shape index (κ3) is 3.06. The van der Waals surface area contributed by atoms with Gasteiger partial charge in [-0.3, -0.25) is 0 Å². The van der Waals surface area contributed by atoms with Gasteiger partial charge in [-0.15, -0.1) is 0 Å². The normalized spacial score (nSPS) is 29.4. The third-order valence-electron chi connectivity index (χ3n) is 4.36. The van der Waals surface area contributed by atoms with Crippen LogP contribution in [0.15, 0.2) is 0 Å². The van der Waals surface area contributed by atoms with E-state index < -0.39 is 21.4 Å². The van der Waals surface area contributed by atoms with Gasteiger partial charge < -0.3 is 10.8 Å². The van der Waals surface area contributed by atoms with Crippen molar-refractivity contribution in [2.75, 3.05) is 18.1 Å². The summed E-state index contributed by atoms with van der Waals surface area (Å²) in [5, 5.41) is 10.7. The SMILES string of the molecule is CC(C)C(C(C)C)C(O)C1(CN)CCS(=O)(=O)C1. The van der Waals surface area contributed by atoms with Crippen LogP contribution in [0.1, 0.15) is 34.1 Å². The van der Waals surface area contributed by atoms with E-state index in [0.29, 0.717) is 18.3 Å². The van der Waals surface area contributed by atoms with Gasteiger partial charge in [0.1, 0.15) is 0 Å². The summed E-state index contributed by atoms with van der Waals surface area (Å²) in [6.45, 7) is 8.52. The standard InChI is InChI=1S/C13H27NO3S/c1-9(2)11(10(3)4)12(15)13(7-14)5-6-18(16,17)8-13/h9-12,15H,5-8,14H2,1-4H3. The van der Waals surface area contributed by atoms with Gasteiger partial charge in [0.25, 0.3) is 0 Å². The molecule has 1 aliphatic rings. The second-order valence-electron chi connectivity index (χ2n) is 6.42. The van der Waals surface area contributed by atoms with Gasteiger partial charge in [0, 0.05) is 12.0 Å². The van der Waals surface area contributed by atoms with Gasteiger partial charge in [0.2, 0.25) is 0 Å². The molecule has 5 heteroatoms. The van der Waals surface area contributed by atoms with E-state index in [1.165, 1.54) is 0 Å². The van der Waals surface area contributed by atoms with Crippen LogP contribution < -0.4 is 5.73 Å². The van der Waals surface area contributed by atoms with E-state index in [4.69, 9.17) is 5.73 Å². The van der Waals surface area contributed by atoms with E-state index >= 15 is 0 Å². The molecule has 0 spiro atoms. The van der Waals surface area contributed by atoms with Crippen LogP contribution in [0, 0.1) is 23.2 Å². The topological polar surface area (TPSA) is 80.4 Å². The lowest BCUT2D eigenvalue weighted by atomic mass is 9.69. The first-order valence-electron chi connectivity index (χ1n) is 6.74. The van der Waals surface area contributed by atoms with Crippen LogP contribution in [0.25, 0.3) is 0 Å². The van der Waals surface area contributed by atoms with Crippen LogP contribution in [-0.2, 0) is 9.84 Å². The van der Waals surface area contributed by atoms with Crippen molar-refractivity contribution < 1.29 is 13.5 Å². The zero-order chi connectivity index (χ0) is 14.1. The van der Waals surface area contributed by atoms with Gasteiger partial charge in [0.05, 0.1) is 17.6 Å². The molecule has 1 fully saturated rings. The molecule has 1 rings (SSSR count). The van der Waals surface area contributed by atoms with E-state index in [2.05, 4.69) is 27.7 Å². The van der Waals surface area contributed by atoms with Crippen molar-refractivity contribution in [1.82, 2.24) is 0 Å². The number of aliphatic hydroxyl groups excluding tert-OH is 1. The van der Waals surface area contributed by atoms with Crippen molar-refractivity contribution in [3.8, 4) is 0 Å². The average molecular weight is 277 g/mol. The highest BCUT2D eigenvalue weighted by atomic mass is 32.2. The third-order valence-corrected chi connectivity index (χ3v) is 6.20. The molecule has 1 saturated heterocycles. The van der Waals surface area contributed by atoms with E-state index in [-0.39, 0.29) is 24.0 Å². The first-order valence-corrected chi connectivity index (χ1v) is 8.56. The smallest absolute Gasteiger partial charge is 0.151 e. The first-order chi connectivity index (χ1) is 8.15. The fourth-order valence-corrected chi connectivity index (χ4v) is 5.53. The van der Waals surface area contributed by atoms with Crippen molar-refractivity contribution in [3.63, 3.8) is 0 Å². The molecule has 0 amide bonds. The number of hydrogen-bond donors (Lipinski definition) is 2. The summed E-state index contributed by atoms with van der Waals surface area (Å²) in [6.07, 6.45) is -0.150. The molecule has 4 nitrogen and oxygen atoms in total. The Hall–Kier alpha value is -0.130. The summed E-state index contributed by atoms with van der Waals surface area (Å²) in [5.74, 6) is 0.901. The number of nitrogens with two attached hydrogens (primary N) is 1. The quantitative estimate of drug-likeness (QED) is 0.787. The Morgan fingerprint density at radius 2 is 1.72 bits per heavy atom. The lowest BCUT2D eigenvalue weighted by Crippen LogP contribution is -2.49. The molecule has 0 aromatic rings. The van der Waals surface area contributed by atoms with Gasteiger partial charge in [0.15, 0.2) is 9.84 Å². The zero-order valence-electron chi connectivity index (χ0n) is 11.9. The predicted molar refractivity (Wildman–Crippen MR) is 73.9 cm³/mol. The summed E-state index contributed by atoms with van der Waals surface area (Å²) in [6, 6.07) is 0. The second kappa shape index (κ2) is 5.47. The molecule has 2 atom stereocenters. The zero-order valence-corrected chi connectivity index (χ0v) is 12.7. The molecule has 0 aliphatic carbocycles. The molecule has 0 radical (unpaired) electrons. The van der Waals surface area contributed by atoms with Crippen molar-refractivity contribution in [3.05, 3.63) is 0 Å². The molecule has 1 aliphatic heterocycles. The molecule has 0 bridgehead atoms. The van der Waals surface area contributed by atoms with Crippen LogP contribution in [0.5, 0.6) is 0 Å². The summed E-state index contributed by atoms with van der Waals surface area (Å²) in [5.41, 5.74) is 5.16. The maximum absolute atomic E-state index is 11.7. The summed E-state index contributed by atoms with van der Waals surface area (Å²) in [7, 11) is -3.04. The highest BCUT2D eigenvalue weighted by Crippen LogP contribution is 2.41. The molecule has 108 valence electrons. The Bertz CT molecular complexity index is 370. The van der Waals surface area contributed by atoms with E-state index in [9.17, 15) is 13.5 Å². The van der Waals surface area contributed by atoms with Gasteiger partial charge in [-0.2, -0.15) is 0 Å². The summed E-state index contributed by atoms with van der Waals surface area (Å²) >= 11 is 0. The maximum Gasteiger partial charge on any atom is 0.151 e. The molecule has 3 N–H and O–H groups in total. The van der Waals surface area contributed by atoms with Crippen LogP contribution in [0.2, 0.25) is 0 Å². The molecule has 1 heterocycles. The Morgan fingerprint density at radius 3 is 2.00 bits per heavy atom. The lowest BCUT2D eigenvalue weighted by Gasteiger charge is -2.40. The van der Waals surface area contributed by atoms with Crippen LogP contribution in [0.3, 0.4) is 0 Å². The summed E-state index contributed by atoms with van der Waals surface area (Å²) < 4.78 is 23.4. The fraction of sp³-hybridized carbons (Fsp3) is 1.00. The van der Waals surface area contributed by atoms with Crippen LogP contribution in [-0.4, -0.2) is 37.7 Å². The minimum atomic E-state index is -3.04. The van der Waals surface area contributed by atoms with Crippen molar-refractivity contribution in [2.24, 2.45) is 28.9 Å². The minimum Gasteiger partial charge on any atom is -0.392 e. The predicted octanol–water partition coefficient (Wildman–Crippen LogP) is 1.04. The number of hydrogen-bond acceptors (Lipinski definition) is 4. The van der Waals surface area contributed by atoms with E-state index in [1.54, 1.807) is 0 Å². The van der Waals surface area contributed by atoms with E-state index in [0.717, 1.165) is 0 Å². The van der Waals surface area contributed by atoms with Crippen molar-refractivity contribution >= 4 is 9.84 Å². The monoisotopic (exact) mass is 277 g/mol. The molecule has 18 heavy (non-hydrogen) atoms. The molecule has 0 aromatic carbocycles. The second-order valence-corrected chi connectivity index (χ2v) is 8.60. The molecule has 0 saturated carbocycles. The van der Waals surface area contributed by atoms with Gasteiger partial charge >= 0.3 is 0 Å². The average Bonchev–Trinajstić information content (AvgIpc) is 2.54. The van der Waals surface area contributed by atoms with Crippen molar-refractivity contribution in [1.29, 1.82) is 0 Å². The number of aliphatic hydroxyl groups is 1. The highest BCUT2D eigenvalue weighted by molar-refractivity contribution is 7.91. The molecule has 0 aromatic heterocycles. The summed E-state index contributed by atoms with van der Waals surface area (Å²) in [4.78, 5) is 0. The highest BCUT2D eigenvalue weighted by Gasteiger charge is 2.49. The van der Waals surface area contributed by atoms with Gasteiger partial charge in [-0.1, -0.05) is 27.7 Å². The van der Waals surface area contributed by atoms with Crippen LogP contribution in [0.4, 0.5) is 0 Å². The first kappa shape index (κ1) is 15.9. The maximum atomic E-state index is 11.7. The number of sulfone groups is 1. The van der Waals surface area contributed by atoms with Gasteiger partial charge in [-0.25, -0.2) is 8.42 Å². The largest absolute Gasteiger partial charge is 0.392 e. The Morgan fingerprint density at radius 1 is 1.22 bits per heavy atom. The van der Waals surface area contributed by atoms with E-state index in [1.807, 2.05) is 0 Å². The van der Waals surface area contributed by atoms with Crippen LogP contribution >= 0.6 is 0 Å². The number of rotatable bonds is 5. The van der Waals surface area contributed by atoms with Crippen molar-refractivity contribution in [2.45, 2.75) is 40.2 Å². The molecular weight excluding hydrogens is 250 g/mol. The Kier molecular flexibility index (Phi) is 4.84. The molecular formula is C13H27NO3S. The fourth-order valence-electron chi connectivity index (χ4n) is 3.36. The lowest BCUT2D eigenvalue weighted by molar-refractivity contribution is -0.0342. The molecule has 2 unspecified atom stereocenters. The Balaban J connectivity index is 3.02. The Labute approximate surface area is 111 Å². The minimum absolute atomic E-state index is 0.0353. The van der Waals surface area contributed by atoms with Gasteiger partial charge in [-0.05, 0) is 24.2 Å².